The maximum atomic E-state index is 11.9. The highest BCUT2D eigenvalue weighted by molar-refractivity contribution is 7.99. The van der Waals surface area contributed by atoms with E-state index in [4.69, 9.17) is 5.11 Å². The van der Waals surface area contributed by atoms with Crippen molar-refractivity contribution in [2.75, 3.05) is 11.1 Å². The zero-order chi connectivity index (χ0) is 16.8. The van der Waals surface area contributed by atoms with Gasteiger partial charge in [0.25, 0.3) is 0 Å². The lowest BCUT2D eigenvalue weighted by atomic mass is 10.1. The van der Waals surface area contributed by atoms with Gasteiger partial charge in [-0.1, -0.05) is 18.2 Å². The largest absolute Gasteiger partial charge is 0.478 e. The average Bonchev–Trinajstić information content (AvgIpc) is 2.51. The van der Waals surface area contributed by atoms with Crippen LogP contribution in [0, 0.1) is 13.8 Å². The van der Waals surface area contributed by atoms with E-state index < -0.39 is 5.97 Å². The van der Waals surface area contributed by atoms with Crippen molar-refractivity contribution in [3.8, 4) is 0 Å². The van der Waals surface area contributed by atoms with Crippen LogP contribution in [0.3, 0.4) is 0 Å². The van der Waals surface area contributed by atoms with Crippen LogP contribution in [0.15, 0.2) is 42.5 Å². The molecule has 0 spiro atoms. The Hall–Kier alpha value is -2.27. The van der Waals surface area contributed by atoms with Gasteiger partial charge in [-0.2, -0.15) is 0 Å². The van der Waals surface area contributed by atoms with E-state index >= 15 is 0 Å². The molecule has 2 rings (SSSR count). The minimum Gasteiger partial charge on any atom is -0.478 e. The van der Waals surface area contributed by atoms with Crippen molar-refractivity contribution in [2.24, 2.45) is 0 Å². The van der Waals surface area contributed by atoms with Crippen LogP contribution in [-0.2, 0) is 10.5 Å². The van der Waals surface area contributed by atoms with Crippen molar-refractivity contribution in [3.05, 3.63) is 64.7 Å². The molecule has 0 aliphatic heterocycles. The highest BCUT2D eigenvalue weighted by Gasteiger charge is 2.06. The third-order valence-corrected chi connectivity index (χ3v) is 4.47. The lowest BCUT2D eigenvalue weighted by Gasteiger charge is -2.08. The van der Waals surface area contributed by atoms with E-state index in [0.717, 1.165) is 16.8 Å². The monoisotopic (exact) mass is 329 g/mol. The van der Waals surface area contributed by atoms with Crippen molar-refractivity contribution in [1.82, 2.24) is 0 Å². The molecule has 0 bridgehead atoms. The summed E-state index contributed by atoms with van der Waals surface area (Å²) in [4.78, 5) is 22.9. The van der Waals surface area contributed by atoms with Crippen molar-refractivity contribution in [2.45, 2.75) is 19.6 Å². The fourth-order valence-electron chi connectivity index (χ4n) is 2.07. The Morgan fingerprint density at radius 2 is 1.87 bits per heavy atom. The van der Waals surface area contributed by atoms with E-state index in [1.807, 2.05) is 38.1 Å². The number of aryl methyl sites for hydroxylation is 2. The molecule has 2 aromatic rings. The summed E-state index contributed by atoms with van der Waals surface area (Å²) in [5.74, 6) is -0.0805. The molecule has 0 radical (unpaired) electrons. The van der Waals surface area contributed by atoms with Crippen LogP contribution in [0.2, 0.25) is 0 Å². The Labute approximate surface area is 139 Å². The van der Waals surface area contributed by atoms with E-state index in [1.54, 1.807) is 18.2 Å². The molecule has 0 fully saturated rings. The highest BCUT2D eigenvalue weighted by Crippen LogP contribution is 2.16. The third-order valence-electron chi connectivity index (χ3n) is 3.47. The molecule has 5 heteroatoms. The Bertz CT molecular complexity index is 728. The normalized spacial score (nSPS) is 10.3. The predicted octanol–water partition coefficient (Wildman–Crippen LogP) is 3.87. The van der Waals surface area contributed by atoms with Gasteiger partial charge in [0.05, 0.1) is 11.3 Å². The fraction of sp³-hybridized carbons (Fsp3) is 0.222. The molecule has 2 N–H and O–H groups in total. The molecule has 0 aliphatic rings. The first-order chi connectivity index (χ1) is 11.0. The predicted molar refractivity (Wildman–Crippen MR) is 94.1 cm³/mol. The Morgan fingerprint density at radius 1 is 1.09 bits per heavy atom. The molecule has 2 aromatic carbocycles. The van der Waals surface area contributed by atoms with Crippen LogP contribution in [0.25, 0.3) is 0 Å². The van der Waals surface area contributed by atoms with Gasteiger partial charge in [-0.15, -0.1) is 11.8 Å². The number of amides is 1. The summed E-state index contributed by atoms with van der Waals surface area (Å²) in [5, 5.41) is 11.8. The molecule has 0 heterocycles. The summed E-state index contributed by atoms with van der Waals surface area (Å²) < 4.78 is 0. The molecular formula is C18H19NO3S. The van der Waals surface area contributed by atoms with Crippen LogP contribution in [0.4, 0.5) is 5.69 Å². The van der Waals surface area contributed by atoms with Gasteiger partial charge in [-0.3, -0.25) is 4.79 Å². The van der Waals surface area contributed by atoms with Gasteiger partial charge in [-0.25, -0.2) is 4.79 Å². The first kappa shape index (κ1) is 17.1. The van der Waals surface area contributed by atoms with Crippen LogP contribution in [-0.4, -0.2) is 22.7 Å². The molecule has 0 saturated heterocycles. The summed E-state index contributed by atoms with van der Waals surface area (Å²) in [5.41, 5.74) is 4.29. The standard InChI is InChI=1S/C18H19NO3S/c1-12-6-7-16(8-13(12)2)19-17(20)11-23-10-14-4-3-5-15(9-14)18(21)22/h3-9H,10-11H2,1-2H3,(H,19,20)(H,21,22). The number of carbonyl (C=O) groups is 2. The molecule has 0 aromatic heterocycles. The number of hydrogen-bond donors (Lipinski definition) is 2. The van der Waals surface area contributed by atoms with Crippen molar-refractivity contribution < 1.29 is 14.7 Å². The average molecular weight is 329 g/mol. The second-order valence-electron chi connectivity index (χ2n) is 5.35. The summed E-state index contributed by atoms with van der Waals surface area (Å²) >= 11 is 1.46. The molecule has 120 valence electrons. The van der Waals surface area contributed by atoms with Gasteiger partial charge in [-0.05, 0) is 54.8 Å². The molecule has 0 saturated carbocycles. The number of rotatable bonds is 6. The van der Waals surface area contributed by atoms with Gasteiger partial charge in [0.1, 0.15) is 0 Å². The summed E-state index contributed by atoms with van der Waals surface area (Å²) in [7, 11) is 0. The number of aromatic carboxylic acids is 1. The summed E-state index contributed by atoms with van der Waals surface area (Å²) in [6, 6.07) is 12.6. The van der Waals surface area contributed by atoms with Gasteiger partial charge in [0, 0.05) is 11.4 Å². The quantitative estimate of drug-likeness (QED) is 0.844. The molecule has 23 heavy (non-hydrogen) atoms. The van der Waals surface area contributed by atoms with Crippen molar-refractivity contribution in [1.29, 1.82) is 0 Å². The Kier molecular flexibility index (Phi) is 5.82. The van der Waals surface area contributed by atoms with Gasteiger partial charge < -0.3 is 10.4 Å². The third kappa shape index (κ3) is 5.14. The number of carboxylic acid groups (broad SMARTS) is 1. The van der Waals surface area contributed by atoms with E-state index in [-0.39, 0.29) is 11.5 Å². The number of anilines is 1. The molecular weight excluding hydrogens is 310 g/mol. The Balaban J connectivity index is 1.84. The molecule has 1 amide bonds. The van der Waals surface area contributed by atoms with Crippen LogP contribution >= 0.6 is 11.8 Å². The topological polar surface area (TPSA) is 66.4 Å². The minimum atomic E-state index is -0.940. The number of carbonyl (C=O) groups excluding carboxylic acids is 1. The number of carboxylic acids is 1. The van der Waals surface area contributed by atoms with Crippen molar-refractivity contribution in [3.63, 3.8) is 0 Å². The number of nitrogens with one attached hydrogen (secondary N) is 1. The highest BCUT2D eigenvalue weighted by atomic mass is 32.2. The fourth-order valence-corrected chi connectivity index (χ4v) is 2.85. The molecule has 0 atom stereocenters. The van der Waals surface area contributed by atoms with E-state index in [9.17, 15) is 9.59 Å². The summed E-state index contributed by atoms with van der Waals surface area (Å²) in [6.07, 6.45) is 0. The number of benzene rings is 2. The van der Waals surface area contributed by atoms with Crippen LogP contribution in [0.1, 0.15) is 27.0 Å². The van der Waals surface area contributed by atoms with Gasteiger partial charge in [0.15, 0.2) is 0 Å². The van der Waals surface area contributed by atoms with E-state index in [1.165, 1.54) is 17.3 Å². The maximum Gasteiger partial charge on any atom is 0.335 e. The summed E-state index contributed by atoms with van der Waals surface area (Å²) in [6.45, 7) is 4.04. The minimum absolute atomic E-state index is 0.0624. The zero-order valence-corrected chi connectivity index (χ0v) is 13.9. The van der Waals surface area contributed by atoms with E-state index in [2.05, 4.69) is 5.32 Å². The SMILES string of the molecule is Cc1ccc(NC(=O)CSCc2cccc(C(=O)O)c2)cc1C. The maximum absolute atomic E-state index is 11.9. The van der Waals surface area contributed by atoms with Crippen LogP contribution in [0.5, 0.6) is 0 Å². The number of hydrogen-bond acceptors (Lipinski definition) is 3. The molecule has 0 aliphatic carbocycles. The first-order valence-corrected chi connectivity index (χ1v) is 8.38. The second-order valence-corrected chi connectivity index (χ2v) is 6.33. The molecule has 0 unspecified atom stereocenters. The first-order valence-electron chi connectivity index (χ1n) is 7.23. The number of thioether (sulfide) groups is 1. The Morgan fingerprint density at radius 3 is 2.57 bits per heavy atom. The zero-order valence-electron chi connectivity index (χ0n) is 13.1. The molecule has 4 nitrogen and oxygen atoms in total. The van der Waals surface area contributed by atoms with Crippen molar-refractivity contribution >= 4 is 29.3 Å². The van der Waals surface area contributed by atoms with Crippen LogP contribution < -0.4 is 5.32 Å². The lowest BCUT2D eigenvalue weighted by molar-refractivity contribution is -0.113. The lowest BCUT2D eigenvalue weighted by Crippen LogP contribution is -2.14. The van der Waals surface area contributed by atoms with Gasteiger partial charge in [0.2, 0.25) is 5.91 Å². The smallest absolute Gasteiger partial charge is 0.335 e. The van der Waals surface area contributed by atoms with E-state index in [0.29, 0.717) is 11.5 Å². The van der Waals surface area contributed by atoms with Gasteiger partial charge >= 0.3 is 5.97 Å². The second kappa shape index (κ2) is 7.83.